The molecule has 0 fully saturated rings. The predicted octanol–water partition coefficient (Wildman–Crippen LogP) is 4.57. The third-order valence-electron chi connectivity index (χ3n) is 3.43. The summed E-state index contributed by atoms with van der Waals surface area (Å²) in [5.41, 5.74) is 1.52. The van der Waals surface area contributed by atoms with Crippen LogP contribution in [0.2, 0.25) is 5.02 Å². The van der Waals surface area contributed by atoms with Crippen molar-refractivity contribution in [2.45, 2.75) is 19.4 Å². The van der Waals surface area contributed by atoms with Gasteiger partial charge in [0.05, 0.1) is 5.02 Å². The fourth-order valence-electron chi connectivity index (χ4n) is 2.22. The minimum Gasteiger partial charge on any atom is -0.313 e. The molecule has 1 atom stereocenters. The lowest BCUT2D eigenvalue weighted by Crippen LogP contribution is -2.20. The van der Waals surface area contributed by atoms with Gasteiger partial charge in [0.1, 0.15) is 17.5 Å². The molecule has 1 nitrogen and oxygen atoms in total. The molecule has 0 aliphatic rings. The lowest BCUT2D eigenvalue weighted by molar-refractivity contribution is 0.518. The SMILES string of the molecule is CNC(Cc1ccc(F)c(Cl)c1)c1cc(C)c(F)cc1F. The first kappa shape index (κ1) is 15.9. The van der Waals surface area contributed by atoms with Crippen LogP contribution in [0.5, 0.6) is 0 Å². The fourth-order valence-corrected chi connectivity index (χ4v) is 2.42. The molecule has 0 heterocycles. The van der Waals surface area contributed by atoms with E-state index in [-0.39, 0.29) is 11.1 Å². The lowest BCUT2D eigenvalue weighted by Gasteiger charge is -2.18. The number of hydrogen-bond acceptors (Lipinski definition) is 1. The second-order valence-electron chi connectivity index (χ2n) is 4.92. The summed E-state index contributed by atoms with van der Waals surface area (Å²) in [6.45, 7) is 1.58. The van der Waals surface area contributed by atoms with Gasteiger partial charge in [-0.3, -0.25) is 0 Å². The minimum atomic E-state index is -0.606. The molecule has 0 saturated heterocycles. The largest absolute Gasteiger partial charge is 0.313 e. The summed E-state index contributed by atoms with van der Waals surface area (Å²) in [4.78, 5) is 0. The highest BCUT2D eigenvalue weighted by molar-refractivity contribution is 6.30. The second-order valence-corrected chi connectivity index (χ2v) is 5.32. The van der Waals surface area contributed by atoms with Crippen LogP contribution in [0.15, 0.2) is 30.3 Å². The van der Waals surface area contributed by atoms with Crippen LogP contribution in [0.4, 0.5) is 13.2 Å². The van der Waals surface area contributed by atoms with Crippen molar-refractivity contribution in [1.29, 1.82) is 0 Å². The van der Waals surface area contributed by atoms with Gasteiger partial charge in [-0.05, 0) is 49.7 Å². The molecule has 0 bridgehead atoms. The molecule has 0 aliphatic heterocycles. The number of benzene rings is 2. The Morgan fingerprint density at radius 2 is 1.76 bits per heavy atom. The Bertz CT molecular complexity index is 658. The molecule has 1 N–H and O–H groups in total. The van der Waals surface area contributed by atoms with Gasteiger partial charge in [0.25, 0.3) is 0 Å². The van der Waals surface area contributed by atoms with Gasteiger partial charge in [-0.1, -0.05) is 17.7 Å². The monoisotopic (exact) mass is 313 g/mol. The van der Waals surface area contributed by atoms with Crippen LogP contribution in [0.1, 0.15) is 22.7 Å². The van der Waals surface area contributed by atoms with Crippen molar-refractivity contribution in [1.82, 2.24) is 5.32 Å². The summed E-state index contributed by atoms with van der Waals surface area (Å²) in [6, 6.07) is 6.39. The summed E-state index contributed by atoms with van der Waals surface area (Å²) in [7, 11) is 1.69. The molecule has 0 amide bonds. The standard InChI is InChI=1S/C16H15ClF3N/c1-9-5-11(15(20)8-14(9)19)16(21-2)7-10-3-4-13(18)12(17)6-10/h3-6,8,16,21H,7H2,1-2H3. The van der Waals surface area contributed by atoms with E-state index in [0.29, 0.717) is 17.5 Å². The number of hydrogen-bond donors (Lipinski definition) is 1. The topological polar surface area (TPSA) is 12.0 Å². The van der Waals surface area contributed by atoms with E-state index in [9.17, 15) is 13.2 Å². The highest BCUT2D eigenvalue weighted by Crippen LogP contribution is 2.25. The van der Waals surface area contributed by atoms with E-state index in [1.54, 1.807) is 20.0 Å². The second kappa shape index (κ2) is 6.50. The van der Waals surface area contributed by atoms with Crippen LogP contribution in [0, 0.1) is 24.4 Å². The third kappa shape index (κ3) is 3.57. The van der Waals surface area contributed by atoms with Crippen molar-refractivity contribution in [3.63, 3.8) is 0 Å². The Balaban J connectivity index is 2.31. The summed E-state index contributed by atoms with van der Waals surface area (Å²) in [5, 5.41) is 3.02. The van der Waals surface area contributed by atoms with E-state index < -0.39 is 17.5 Å². The third-order valence-corrected chi connectivity index (χ3v) is 3.72. The summed E-state index contributed by atoms with van der Waals surface area (Å²) >= 11 is 5.74. The first-order valence-corrected chi connectivity index (χ1v) is 6.87. The predicted molar refractivity (Wildman–Crippen MR) is 78.0 cm³/mol. The number of nitrogens with one attached hydrogen (secondary N) is 1. The molecule has 0 saturated carbocycles. The molecule has 0 radical (unpaired) electrons. The van der Waals surface area contributed by atoms with Crippen LogP contribution in [-0.4, -0.2) is 7.05 Å². The van der Waals surface area contributed by atoms with Crippen LogP contribution in [-0.2, 0) is 6.42 Å². The maximum Gasteiger partial charge on any atom is 0.141 e. The average Bonchev–Trinajstić information content (AvgIpc) is 2.44. The summed E-state index contributed by atoms with van der Waals surface area (Å²) in [5.74, 6) is -1.67. The van der Waals surface area contributed by atoms with Crippen molar-refractivity contribution in [3.8, 4) is 0 Å². The van der Waals surface area contributed by atoms with Crippen molar-refractivity contribution in [2.75, 3.05) is 7.05 Å². The molecule has 1 unspecified atom stereocenters. The average molecular weight is 314 g/mol. The molecule has 2 aromatic carbocycles. The van der Waals surface area contributed by atoms with Gasteiger partial charge >= 0.3 is 0 Å². The van der Waals surface area contributed by atoms with Gasteiger partial charge in [-0.25, -0.2) is 13.2 Å². The first-order chi connectivity index (χ1) is 9.92. The number of halogens is 4. The molecular weight excluding hydrogens is 299 g/mol. The van der Waals surface area contributed by atoms with E-state index >= 15 is 0 Å². The van der Waals surface area contributed by atoms with Crippen LogP contribution in [0.3, 0.4) is 0 Å². The van der Waals surface area contributed by atoms with Gasteiger partial charge < -0.3 is 5.32 Å². The molecule has 0 aromatic heterocycles. The van der Waals surface area contributed by atoms with Gasteiger partial charge in [-0.15, -0.1) is 0 Å². The molecule has 5 heteroatoms. The molecule has 0 spiro atoms. The van der Waals surface area contributed by atoms with Gasteiger partial charge in [0.15, 0.2) is 0 Å². The van der Waals surface area contributed by atoms with Gasteiger partial charge in [0.2, 0.25) is 0 Å². The van der Waals surface area contributed by atoms with Crippen LogP contribution in [0.25, 0.3) is 0 Å². The van der Waals surface area contributed by atoms with E-state index in [1.807, 2.05) is 0 Å². The van der Waals surface area contributed by atoms with E-state index in [2.05, 4.69) is 5.32 Å². The van der Waals surface area contributed by atoms with E-state index in [4.69, 9.17) is 11.6 Å². The van der Waals surface area contributed by atoms with Gasteiger partial charge in [0, 0.05) is 17.7 Å². The zero-order valence-corrected chi connectivity index (χ0v) is 12.4. The van der Waals surface area contributed by atoms with E-state index in [0.717, 1.165) is 11.6 Å². The lowest BCUT2D eigenvalue weighted by atomic mass is 9.97. The Morgan fingerprint density at radius 1 is 1.05 bits per heavy atom. The normalized spacial score (nSPS) is 12.5. The highest BCUT2D eigenvalue weighted by atomic mass is 35.5. The zero-order chi connectivity index (χ0) is 15.6. The Hall–Kier alpha value is -1.52. The van der Waals surface area contributed by atoms with Crippen molar-refractivity contribution in [2.24, 2.45) is 0 Å². The quantitative estimate of drug-likeness (QED) is 0.872. The Labute approximate surface area is 126 Å². The zero-order valence-electron chi connectivity index (χ0n) is 11.7. The summed E-state index contributed by atoms with van der Waals surface area (Å²) < 4.78 is 40.4. The molecule has 112 valence electrons. The van der Waals surface area contributed by atoms with Crippen LogP contribution >= 0.6 is 11.6 Å². The number of rotatable bonds is 4. The summed E-state index contributed by atoms with van der Waals surface area (Å²) in [6.07, 6.45) is 0.415. The van der Waals surface area contributed by atoms with E-state index in [1.165, 1.54) is 18.2 Å². The highest BCUT2D eigenvalue weighted by Gasteiger charge is 2.17. The van der Waals surface area contributed by atoms with Crippen molar-refractivity contribution >= 4 is 11.6 Å². The number of likely N-dealkylation sites (N-methyl/N-ethyl adjacent to an activating group) is 1. The van der Waals surface area contributed by atoms with Crippen molar-refractivity contribution in [3.05, 3.63) is 69.5 Å². The Morgan fingerprint density at radius 3 is 2.38 bits per heavy atom. The fraction of sp³-hybridized carbons (Fsp3) is 0.250. The molecular formula is C16H15ClF3N. The first-order valence-electron chi connectivity index (χ1n) is 6.49. The van der Waals surface area contributed by atoms with Gasteiger partial charge in [-0.2, -0.15) is 0 Å². The maximum absolute atomic E-state index is 13.9. The molecule has 21 heavy (non-hydrogen) atoms. The van der Waals surface area contributed by atoms with Crippen LogP contribution < -0.4 is 5.32 Å². The smallest absolute Gasteiger partial charge is 0.141 e. The minimum absolute atomic E-state index is 0.0260. The van der Waals surface area contributed by atoms with Crippen molar-refractivity contribution < 1.29 is 13.2 Å². The Kier molecular flexibility index (Phi) is 4.91. The number of aryl methyl sites for hydroxylation is 1. The molecule has 2 rings (SSSR count). The maximum atomic E-state index is 13.9. The molecule has 0 aliphatic carbocycles. The molecule has 2 aromatic rings.